The van der Waals surface area contributed by atoms with Gasteiger partial charge in [-0.1, -0.05) is 29.5 Å². The Labute approximate surface area is 192 Å². The molecule has 2 heterocycles. The van der Waals surface area contributed by atoms with Crippen LogP contribution in [0.3, 0.4) is 0 Å². The number of aryl methyl sites for hydroxylation is 1. The fraction of sp³-hybridized carbons (Fsp3) is 0.333. The predicted molar refractivity (Wildman–Crippen MR) is 124 cm³/mol. The summed E-state index contributed by atoms with van der Waals surface area (Å²) in [4.78, 5) is 17.1. The average molecular weight is 452 g/mol. The van der Waals surface area contributed by atoms with Crippen molar-refractivity contribution in [3.8, 4) is 23.3 Å². The predicted octanol–water partition coefficient (Wildman–Crippen LogP) is 4.24. The highest BCUT2D eigenvalue weighted by Gasteiger charge is 2.39. The molecule has 0 spiro atoms. The number of amides is 1. The van der Waals surface area contributed by atoms with Gasteiger partial charge in [-0.25, -0.2) is 0 Å². The van der Waals surface area contributed by atoms with Gasteiger partial charge in [0.15, 0.2) is 11.5 Å². The molecule has 8 heteroatoms. The maximum absolute atomic E-state index is 13.2. The largest absolute Gasteiger partial charge is 0.496 e. The van der Waals surface area contributed by atoms with Crippen LogP contribution in [0, 0.1) is 18.3 Å². The third kappa shape index (κ3) is 3.84. The first-order chi connectivity index (χ1) is 15.5. The quantitative estimate of drug-likeness (QED) is 0.673. The van der Waals surface area contributed by atoms with Crippen LogP contribution in [0.2, 0.25) is 0 Å². The molecule has 2 aromatic carbocycles. The number of allylic oxidation sites excluding steroid dienone is 1. The van der Waals surface area contributed by atoms with Crippen molar-refractivity contribution in [3.05, 3.63) is 58.1 Å². The lowest BCUT2D eigenvalue weighted by Crippen LogP contribution is -2.47. The SMILES string of the molecule is COc1cc(OC)c([C@H]2CC(=O)N3CN(c4ccc(C)cc4)CSC3=C2C#N)cc1OC. The van der Waals surface area contributed by atoms with Gasteiger partial charge in [-0.05, 0) is 25.1 Å². The summed E-state index contributed by atoms with van der Waals surface area (Å²) in [7, 11) is 4.68. The van der Waals surface area contributed by atoms with Gasteiger partial charge in [0.05, 0.1) is 50.5 Å². The lowest BCUT2D eigenvalue weighted by atomic mass is 9.85. The van der Waals surface area contributed by atoms with Crippen LogP contribution in [-0.2, 0) is 4.79 Å². The van der Waals surface area contributed by atoms with Crippen molar-refractivity contribution >= 4 is 23.4 Å². The second kappa shape index (κ2) is 9.05. The Morgan fingerprint density at radius 3 is 2.31 bits per heavy atom. The van der Waals surface area contributed by atoms with Crippen LogP contribution < -0.4 is 19.1 Å². The van der Waals surface area contributed by atoms with Crippen LogP contribution in [0.25, 0.3) is 0 Å². The first kappa shape index (κ1) is 21.9. The normalized spacial score (nSPS) is 18.2. The Kier molecular flexibility index (Phi) is 6.19. The van der Waals surface area contributed by atoms with Crippen molar-refractivity contribution in [1.29, 1.82) is 5.26 Å². The molecule has 7 nitrogen and oxygen atoms in total. The first-order valence-corrected chi connectivity index (χ1v) is 11.2. The molecule has 32 heavy (non-hydrogen) atoms. The number of rotatable bonds is 5. The molecule has 4 rings (SSSR count). The number of benzene rings is 2. The molecule has 2 aromatic rings. The maximum Gasteiger partial charge on any atom is 0.229 e. The summed E-state index contributed by atoms with van der Waals surface area (Å²) in [6, 6.07) is 14.1. The van der Waals surface area contributed by atoms with Crippen molar-refractivity contribution < 1.29 is 19.0 Å². The summed E-state index contributed by atoms with van der Waals surface area (Å²) in [6.07, 6.45) is 0.181. The highest BCUT2D eigenvalue weighted by atomic mass is 32.2. The van der Waals surface area contributed by atoms with Gasteiger partial charge in [0.25, 0.3) is 0 Å². The van der Waals surface area contributed by atoms with E-state index in [9.17, 15) is 10.1 Å². The van der Waals surface area contributed by atoms with E-state index in [0.29, 0.717) is 40.4 Å². The van der Waals surface area contributed by atoms with E-state index in [-0.39, 0.29) is 12.3 Å². The van der Waals surface area contributed by atoms with E-state index in [1.807, 2.05) is 6.92 Å². The van der Waals surface area contributed by atoms with Crippen LogP contribution in [0.1, 0.15) is 23.5 Å². The monoisotopic (exact) mass is 451 g/mol. The second-order valence-corrected chi connectivity index (χ2v) is 8.58. The Balaban J connectivity index is 1.72. The molecule has 0 unspecified atom stereocenters. The number of nitriles is 1. The number of hydrogen-bond acceptors (Lipinski definition) is 7. The number of thioether (sulfide) groups is 1. The van der Waals surface area contributed by atoms with E-state index in [1.54, 1.807) is 38.4 Å². The van der Waals surface area contributed by atoms with Gasteiger partial charge in [-0.3, -0.25) is 9.69 Å². The zero-order chi connectivity index (χ0) is 22.8. The van der Waals surface area contributed by atoms with Crippen LogP contribution in [0.4, 0.5) is 5.69 Å². The summed E-state index contributed by atoms with van der Waals surface area (Å²) < 4.78 is 16.4. The van der Waals surface area contributed by atoms with Gasteiger partial charge in [0.1, 0.15) is 5.75 Å². The van der Waals surface area contributed by atoms with Crippen LogP contribution in [0.5, 0.6) is 17.2 Å². The number of nitrogens with zero attached hydrogens (tertiary/aromatic N) is 3. The number of ether oxygens (including phenoxy) is 3. The summed E-state index contributed by atoms with van der Waals surface area (Å²) in [5.41, 5.74) is 3.55. The van der Waals surface area contributed by atoms with E-state index >= 15 is 0 Å². The maximum atomic E-state index is 13.2. The van der Waals surface area contributed by atoms with Crippen molar-refractivity contribution in [1.82, 2.24) is 4.90 Å². The van der Waals surface area contributed by atoms with Crippen LogP contribution >= 0.6 is 11.8 Å². The summed E-state index contributed by atoms with van der Waals surface area (Å²) in [5.74, 6) is 1.84. The van der Waals surface area contributed by atoms with Gasteiger partial charge < -0.3 is 19.1 Å². The molecule has 0 radical (unpaired) electrons. The lowest BCUT2D eigenvalue weighted by Gasteiger charge is -2.42. The molecule has 0 aliphatic carbocycles. The van der Waals surface area contributed by atoms with E-state index in [1.165, 1.54) is 17.3 Å². The van der Waals surface area contributed by atoms with E-state index in [4.69, 9.17) is 14.2 Å². The van der Waals surface area contributed by atoms with Gasteiger partial charge >= 0.3 is 0 Å². The zero-order valence-electron chi connectivity index (χ0n) is 18.5. The molecule has 2 aliphatic rings. The van der Waals surface area contributed by atoms with Crippen LogP contribution in [-0.4, -0.2) is 44.7 Å². The van der Waals surface area contributed by atoms with Crippen molar-refractivity contribution in [2.45, 2.75) is 19.3 Å². The molecule has 1 atom stereocenters. The molecular weight excluding hydrogens is 426 g/mol. The average Bonchev–Trinajstić information content (AvgIpc) is 2.83. The Hall–Kier alpha value is -3.31. The fourth-order valence-electron chi connectivity index (χ4n) is 4.07. The Morgan fingerprint density at radius 2 is 1.69 bits per heavy atom. The minimum absolute atomic E-state index is 0.0230. The molecule has 1 saturated heterocycles. The van der Waals surface area contributed by atoms with Crippen molar-refractivity contribution in [2.75, 3.05) is 38.8 Å². The summed E-state index contributed by atoms with van der Waals surface area (Å²) in [6.45, 7) is 2.47. The Bertz CT molecular complexity index is 1110. The smallest absolute Gasteiger partial charge is 0.229 e. The van der Waals surface area contributed by atoms with E-state index in [2.05, 4.69) is 35.2 Å². The topological polar surface area (TPSA) is 75.0 Å². The van der Waals surface area contributed by atoms with Crippen molar-refractivity contribution in [2.24, 2.45) is 0 Å². The number of anilines is 1. The zero-order valence-corrected chi connectivity index (χ0v) is 19.4. The van der Waals surface area contributed by atoms with Gasteiger partial charge in [-0.2, -0.15) is 5.26 Å². The first-order valence-electron chi connectivity index (χ1n) is 10.2. The highest BCUT2D eigenvalue weighted by Crippen LogP contribution is 2.47. The molecule has 0 saturated carbocycles. The van der Waals surface area contributed by atoms with Gasteiger partial charge in [0, 0.05) is 29.7 Å². The number of carbonyl (C=O) groups excluding carboxylic acids is 1. The minimum atomic E-state index is -0.410. The number of hydrogen-bond donors (Lipinski definition) is 0. The number of carbonyl (C=O) groups is 1. The highest BCUT2D eigenvalue weighted by molar-refractivity contribution is 8.03. The molecule has 1 fully saturated rings. The van der Waals surface area contributed by atoms with Crippen LogP contribution in [0.15, 0.2) is 47.0 Å². The third-order valence-corrected chi connectivity index (χ3v) is 6.96. The molecule has 0 aromatic heterocycles. The van der Waals surface area contributed by atoms with E-state index in [0.717, 1.165) is 11.3 Å². The van der Waals surface area contributed by atoms with Gasteiger partial charge in [0.2, 0.25) is 5.91 Å². The second-order valence-electron chi connectivity index (χ2n) is 7.65. The standard InChI is InChI=1S/C24H25N3O4S/c1-15-5-7-16(8-6-15)26-13-27-23(28)10-17(19(12-25)24(27)32-14-26)18-9-21(30-3)22(31-4)11-20(18)29-2/h5-9,11,17H,10,13-14H2,1-4H3/t17-/m1/s1. The molecular formula is C24H25N3O4S. The molecule has 0 N–H and O–H groups in total. The van der Waals surface area contributed by atoms with Crippen molar-refractivity contribution in [3.63, 3.8) is 0 Å². The number of fused-ring (bicyclic) bond motifs is 1. The van der Waals surface area contributed by atoms with E-state index < -0.39 is 5.92 Å². The fourth-order valence-corrected chi connectivity index (χ4v) is 5.24. The molecule has 1 amide bonds. The third-order valence-electron chi connectivity index (χ3n) is 5.80. The molecule has 0 bridgehead atoms. The van der Waals surface area contributed by atoms with Gasteiger partial charge in [-0.15, -0.1) is 0 Å². The molecule has 166 valence electrons. The lowest BCUT2D eigenvalue weighted by molar-refractivity contribution is -0.129. The summed E-state index contributed by atoms with van der Waals surface area (Å²) >= 11 is 1.51. The number of methoxy groups -OCH3 is 3. The Morgan fingerprint density at radius 1 is 1.03 bits per heavy atom. The summed E-state index contributed by atoms with van der Waals surface area (Å²) in [5, 5.41) is 10.8. The minimum Gasteiger partial charge on any atom is -0.496 e. The molecule has 2 aliphatic heterocycles.